The fourth-order valence-electron chi connectivity index (χ4n) is 4.67. The zero-order chi connectivity index (χ0) is 15.5. The number of likely N-dealkylation sites (tertiary alicyclic amines) is 3. The van der Waals surface area contributed by atoms with Gasteiger partial charge in [-0.05, 0) is 71.9 Å². The molecule has 4 nitrogen and oxygen atoms in total. The van der Waals surface area contributed by atoms with Gasteiger partial charge in [0, 0.05) is 31.2 Å². The van der Waals surface area contributed by atoms with Crippen LogP contribution in [0, 0.1) is 0 Å². The van der Waals surface area contributed by atoms with Crippen LogP contribution < -0.4 is 0 Å². The first-order valence-electron chi connectivity index (χ1n) is 9.48. The van der Waals surface area contributed by atoms with Crippen molar-refractivity contribution in [1.29, 1.82) is 0 Å². The highest BCUT2D eigenvalue weighted by molar-refractivity contribution is 5.75. The molecule has 3 aliphatic rings. The number of rotatable bonds is 1. The molecule has 4 heteroatoms. The van der Waals surface area contributed by atoms with Gasteiger partial charge in [0.15, 0.2) is 0 Å². The van der Waals surface area contributed by atoms with Crippen LogP contribution in [-0.2, 0) is 0 Å². The standard InChI is InChI=1S/C18H33N3O/c1-15-7-6-8-16(2)21(15)18(22)20-13-9-17(10-14-20)19-11-4-3-5-12-19/h15-17H,3-14H2,1-2H3. The Balaban J connectivity index is 1.53. The maximum absolute atomic E-state index is 12.9. The SMILES string of the molecule is CC1CCCC(C)N1C(=O)N1CCC(N2CCCCC2)CC1. The smallest absolute Gasteiger partial charge is 0.320 e. The fraction of sp³-hybridized carbons (Fsp3) is 0.944. The van der Waals surface area contributed by atoms with Crippen molar-refractivity contribution in [2.24, 2.45) is 0 Å². The minimum absolute atomic E-state index is 0.303. The number of hydrogen-bond donors (Lipinski definition) is 0. The molecule has 0 saturated carbocycles. The molecule has 3 saturated heterocycles. The van der Waals surface area contributed by atoms with Gasteiger partial charge in [-0.2, -0.15) is 0 Å². The minimum Gasteiger partial charge on any atom is -0.325 e. The van der Waals surface area contributed by atoms with Crippen LogP contribution in [0.15, 0.2) is 0 Å². The van der Waals surface area contributed by atoms with Gasteiger partial charge in [-0.25, -0.2) is 4.79 Å². The maximum Gasteiger partial charge on any atom is 0.320 e. The van der Waals surface area contributed by atoms with Crippen molar-refractivity contribution in [2.45, 2.75) is 83.3 Å². The van der Waals surface area contributed by atoms with Gasteiger partial charge in [-0.3, -0.25) is 0 Å². The van der Waals surface area contributed by atoms with Crippen molar-refractivity contribution in [3.05, 3.63) is 0 Å². The van der Waals surface area contributed by atoms with Gasteiger partial charge in [0.2, 0.25) is 0 Å². The van der Waals surface area contributed by atoms with E-state index in [9.17, 15) is 4.79 Å². The van der Waals surface area contributed by atoms with Gasteiger partial charge in [0.1, 0.15) is 0 Å². The molecule has 0 aromatic heterocycles. The van der Waals surface area contributed by atoms with E-state index in [1.807, 2.05) is 0 Å². The Kier molecular flexibility index (Phi) is 5.27. The number of amides is 2. The lowest BCUT2D eigenvalue weighted by molar-refractivity contribution is 0.0649. The number of carbonyl (C=O) groups is 1. The Labute approximate surface area is 135 Å². The zero-order valence-electron chi connectivity index (χ0n) is 14.5. The summed E-state index contributed by atoms with van der Waals surface area (Å²) in [5.41, 5.74) is 0. The van der Waals surface area contributed by atoms with Crippen LogP contribution in [0.25, 0.3) is 0 Å². The third-order valence-electron chi connectivity index (χ3n) is 6.06. The molecule has 0 aliphatic carbocycles. The minimum atomic E-state index is 0.303. The normalized spacial score (nSPS) is 32.3. The van der Waals surface area contributed by atoms with Crippen LogP contribution in [0.4, 0.5) is 4.79 Å². The van der Waals surface area contributed by atoms with E-state index < -0.39 is 0 Å². The molecule has 0 spiro atoms. The third-order valence-corrected chi connectivity index (χ3v) is 6.06. The van der Waals surface area contributed by atoms with Crippen molar-refractivity contribution in [3.63, 3.8) is 0 Å². The predicted octanol–water partition coefficient (Wildman–Crippen LogP) is 3.32. The van der Waals surface area contributed by atoms with Crippen molar-refractivity contribution < 1.29 is 4.79 Å². The molecule has 3 fully saturated rings. The molecule has 2 unspecified atom stereocenters. The van der Waals surface area contributed by atoms with Crippen LogP contribution in [0.5, 0.6) is 0 Å². The monoisotopic (exact) mass is 307 g/mol. The molecule has 0 aromatic carbocycles. The Morgan fingerprint density at radius 3 is 1.95 bits per heavy atom. The van der Waals surface area contributed by atoms with Crippen LogP contribution in [0.2, 0.25) is 0 Å². The number of hydrogen-bond acceptors (Lipinski definition) is 2. The first kappa shape index (κ1) is 16.1. The first-order valence-corrected chi connectivity index (χ1v) is 9.48. The van der Waals surface area contributed by atoms with Crippen molar-refractivity contribution in [1.82, 2.24) is 14.7 Å². The second-order valence-corrected chi connectivity index (χ2v) is 7.63. The molecule has 0 radical (unpaired) electrons. The maximum atomic E-state index is 12.9. The summed E-state index contributed by atoms with van der Waals surface area (Å²) in [6.45, 7) is 8.89. The topological polar surface area (TPSA) is 26.8 Å². The van der Waals surface area contributed by atoms with Crippen LogP contribution >= 0.6 is 0 Å². The zero-order valence-corrected chi connectivity index (χ0v) is 14.5. The molecule has 3 heterocycles. The van der Waals surface area contributed by atoms with E-state index in [-0.39, 0.29) is 0 Å². The van der Waals surface area contributed by atoms with Gasteiger partial charge in [0.05, 0.1) is 0 Å². The molecule has 3 rings (SSSR count). The van der Waals surface area contributed by atoms with Gasteiger partial charge in [0.25, 0.3) is 0 Å². The summed E-state index contributed by atoms with van der Waals surface area (Å²) in [6.07, 6.45) is 10.1. The summed E-state index contributed by atoms with van der Waals surface area (Å²) in [5, 5.41) is 0. The number of piperidine rings is 3. The van der Waals surface area contributed by atoms with E-state index in [0.29, 0.717) is 18.1 Å². The number of carbonyl (C=O) groups excluding carboxylic acids is 1. The Morgan fingerprint density at radius 2 is 1.36 bits per heavy atom. The van der Waals surface area contributed by atoms with Crippen molar-refractivity contribution in [3.8, 4) is 0 Å². The molecule has 0 bridgehead atoms. The highest BCUT2D eigenvalue weighted by atomic mass is 16.2. The molecule has 22 heavy (non-hydrogen) atoms. The van der Waals surface area contributed by atoms with E-state index in [1.54, 1.807) is 0 Å². The van der Waals surface area contributed by atoms with E-state index in [0.717, 1.165) is 19.1 Å². The lowest BCUT2D eigenvalue weighted by atomic mass is 9.97. The summed E-state index contributed by atoms with van der Waals surface area (Å²) >= 11 is 0. The number of nitrogens with zero attached hydrogens (tertiary/aromatic N) is 3. The Bertz CT molecular complexity index is 363. The molecule has 2 amide bonds. The Hall–Kier alpha value is -0.770. The second-order valence-electron chi connectivity index (χ2n) is 7.63. The predicted molar refractivity (Wildman–Crippen MR) is 90.0 cm³/mol. The number of urea groups is 1. The highest BCUT2D eigenvalue weighted by Gasteiger charge is 2.34. The molecular weight excluding hydrogens is 274 g/mol. The third kappa shape index (κ3) is 3.42. The van der Waals surface area contributed by atoms with E-state index in [4.69, 9.17) is 0 Å². The van der Waals surface area contributed by atoms with Crippen LogP contribution in [-0.4, -0.2) is 65.0 Å². The molecular formula is C18H33N3O. The average Bonchev–Trinajstić information content (AvgIpc) is 2.55. The van der Waals surface area contributed by atoms with Crippen LogP contribution in [0.1, 0.15) is 65.2 Å². The van der Waals surface area contributed by atoms with Gasteiger partial charge in [-0.15, -0.1) is 0 Å². The summed E-state index contributed by atoms with van der Waals surface area (Å²) in [5.74, 6) is 0. The van der Waals surface area contributed by atoms with Crippen LogP contribution in [0.3, 0.4) is 0 Å². The lowest BCUT2D eigenvalue weighted by Gasteiger charge is -2.45. The van der Waals surface area contributed by atoms with Gasteiger partial charge < -0.3 is 14.7 Å². The van der Waals surface area contributed by atoms with E-state index >= 15 is 0 Å². The summed E-state index contributed by atoms with van der Waals surface area (Å²) in [6, 6.07) is 1.85. The highest BCUT2D eigenvalue weighted by Crippen LogP contribution is 2.26. The lowest BCUT2D eigenvalue weighted by Crippen LogP contribution is -2.56. The summed E-state index contributed by atoms with van der Waals surface area (Å²) in [7, 11) is 0. The average molecular weight is 307 g/mol. The molecule has 0 N–H and O–H groups in total. The van der Waals surface area contributed by atoms with Gasteiger partial charge >= 0.3 is 6.03 Å². The van der Waals surface area contributed by atoms with E-state index in [2.05, 4.69) is 28.5 Å². The summed E-state index contributed by atoms with van der Waals surface area (Å²) in [4.78, 5) is 19.9. The van der Waals surface area contributed by atoms with Gasteiger partial charge in [-0.1, -0.05) is 6.42 Å². The van der Waals surface area contributed by atoms with Crippen molar-refractivity contribution in [2.75, 3.05) is 26.2 Å². The molecule has 2 atom stereocenters. The quantitative estimate of drug-likeness (QED) is 0.743. The Morgan fingerprint density at radius 1 is 0.773 bits per heavy atom. The molecule has 126 valence electrons. The molecule has 3 aliphatic heterocycles. The van der Waals surface area contributed by atoms with Crippen molar-refractivity contribution >= 4 is 6.03 Å². The summed E-state index contributed by atoms with van der Waals surface area (Å²) < 4.78 is 0. The fourth-order valence-corrected chi connectivity index (χ4v) is 4.67. The van der Waals surface area contributed by atoms with E-state index in [1.165, 1.54) is 64.5 Å². The molecule has 0 aromatic rings. The largest absolute Gasteiger partial charge is 0.325 e. The second kappa shape index (κ2) is 7.20. The first-order chi connectivity index (χ1) is 10.7.